The number of hydrogen-bond donors (Lipinski definition) is 0. The van der Waals surface area contributed by atoms with Crippen molar-refractivity contribution in [3.05, 3.63) is 94.8 Å². The van der Waals surface area contributed by atoms with Gasteiger partial charge in [0.1, 0.15) is 5.82 Å². The number of fused-ring (bicyclic) bond motifs is 1. The van der Waals surface area contributed by atoms with Crippen molar-refractivity contribution >= 4 is 22.6 Å². The lowest BCUT2D eigenvalue weighted by Gasteiger charge is -2.18. The molecule has 4 heteroatoms. The van der Waals surface area contributed by atoms with Gasteiger partial charge in [-0.3, -0.25) is 4.79 Å². The maximum Gasteiger partial charge on any atom is 0.227 e. The Morgan fingerprint density at radius 1 is 0.935 bits per heavy atom. The van der Waals surface area contributed by atoms with Gasteiger partial charge in [-0.25, -0.2) is 4.98 Å². The maximum atomic E-state index is 12.9. The number of benzene rings is 3. The molecule has 0 unspecified atom stereocenters. The third-order valence-corrected chi connectivity index (χ3v) is 6.40. The molecule has 0 bridgehead atoms. The van der Waals surface area contributed by atoms with E-state index in [9.17, 15) is 4.79 Å². The number of anilines is 1. The summed E-state index contributed by atoms with van der Waals surface area (Å²) in [7, 11) is 0. The van der Waals surface area contributed by atoms with E-state index in [0.29, 0.717) is 13.0 Å². The molecule has 0 N–H and O–H groups in total. The van der Waals surface area contributed by atoms with Crippen molar-refractivity contribution < 1.29 is 4.79 Å². The first-order valence-electron chi connectivity index (χ1n) is 10.9. The molecule has 1 aromatic heterocycles. The molecule has 5 rings (SSSR count). The van der Waals surface area contributed by atoms with E-state index in [4.69, 9.17) is 4.98 Å². The van der Waals surface area contributed by atoms with Crippen LogP contribution in [-0.4, -0.2) is 22.0 Å². The van der Waals surface area contributed by atoms with Crippen molar-refractivity contribution in [1.82, 2.24) is 9.55 Å². The standard InChI is InChI=1S/C27H27N3O/c1-18-7-6-8-23(13-18)29-17-22(15-26(29)31)27-28-24-9-4-5-10-25(24)30(27)16-21-12-11-19(2)20(3)14-21/h4-14,22H,15-17H2,1-3H3/t22-/m0/s1. The molecule has 1 aliphatic rings. The first kappa shape index (κ1) is 19.6. The molecule has 156 valence electrons. The molecule has 0 radical (unpaired) electrons. The van der Waals surface area contributed by atoms with Gasteiger partial charge in [0.05, 0.1) is 11.0 Å². The van der Waals surface area contributed by atoms with Crippen LogP contribution in [0.1, 0.15) is 40.4 Å². The zero-order valence-corrected chi connectivity index (χ0v) is 18.3. The zero-order valence-electron chi connectivity index (χ0n) is 18.3. The van der Waals surface area contributed by atoms with E-state index in [2.05, 4.69) is 73.9 Å². The minimum absolute atomic E-state index is 0.0759. The molecule has 1 fully saturated rings. The van der Waals surface area contributed by atoms with Crippen LogP contribution in [0.2, 0.25) is 0 Å². The van der Waals surface area contributed by atoms with Crippen LogP contribution < -0.4 is 4.90 Å². The highest BCUT2D eigenvalue weighted by Crippen LogP contribution is 2.34. The van der Waals surface area contributed by atoms with Crippen molar-refractivity contribution in [3.63, 3.8) is 0 Å². The van der Waals surface area contributed by atoms with Crippen LogP contribution in [0.15, 0.2) is 66.7 Å². The Balaban J connectivity index is 1.53. The average Bonchev–Trinajstić information content (AvgIpc) is 3.31. The van der Waals surface area contributed by atoms with Gasteiger partial charge in [-0.15, -0.1) is 0 Å². The second kappa shape index (κ2) is 7.69. The first-order chi connectivity index (χ1) is 15.0. The number of nitrogens with zero attached hydrogens (tertiary/aromatic N) is 3. The molecule has 1 atom stereocenters. The molecule has 4 aromatic rings. The fourth-order valence-electron chi connectivity index (χ4n) is 4.58. The van der Waals surface area contributed by atoms with Crippen molar-refractivity contribution in [2.75, 3.05) is 11.4 Å². The van der Waals surface area contributed by atoms with Crippen molar-refractivity contribution in [3.8, 4) is 0 Å². The highest BCUT2D eigenvalue weighted by molar-refractivity contribution is 5.96. The number of rotatable bonds is 4. The number of hydrogen-bond acceptors (Lipinski definition) is 2. The number of aromatic nitrogens is 2. The van der Waals surface area contributed by atoms with E-state index >= 15 is 0 Å². The summed E-state index contributed by atoms with van der Waals surface area (Å²) in [5, 5.41) is 0. The zero-order chi connectivity index (χ0) is 21.5. The Kier molecular flexibility index (Phi) is 4.85. The molecule has 0 spiro atoms. The van der Waals surface area contributed by atoms with Crippen LogP contribution in [0.3, 0.4) is 0 Å². The number of para-hydroxylation sites is 2. The number of amides is 1. The lowest BCUT2D eigenvalue weighted by atomic mass is 10.1. The number of carbonyl (C=O) groups excluding carboxylic acids is 1. The maximum absolute atomic E-state index is 12.9. The van der Waals surface area contributed by atoms with Crippen LogP contribution >= 0.6 is 0 Å². The van der Waals surface area contributed by atoms with Gasteiger partial charge in [-0.1, -0.05) is 42.5 Å². The van der Waals surface area contributed by atoms with Gasteiger partial charge in [0.2, 0.25) is 5.91 Å². The van der Waals surface area contributed by atoms with Crippen LogP contribution in [0.5, 0.6) is 0 Å². The predicted molar refractivity (Wildman–Crippen MR) is 126 cm³/mol. The number of carbonyl (C=O) groups is 1. The Hall–Kier alpha value is -3.40. The number of imidazole rings is 1. The van der Waals surface area contributed by atoms with Gasteiger partial charge in [-0.05, 0) is 67.3 Å². The van der Waals surface area contributed by atoms with Crippen molar-refractivity contribution in [2.24, 2.45) is 0 Å². The highest BCUT2D eigenvalue weighted by Gasteiger charge is 2.34. The summed E-state index contributed by atoms with van der Waals surface area (Å²) in [6.07, 6.45) is 0.490. The molecule has 2 heterocycles. The average molecular weight is 410 g/mol. The molecule has 0 saturated carbocycles. The molecule has 1 aliphatic heterocycles. The normalized spacial score (nSPS) is 16.4. The number of aryl methyl sites for hydroxylation is 3. The summed E-state index contributed by atoms with van der Waals surface area (Å²) in [5.41, 5.74) is 8.10. The fraction of sp³-hybridized carbons (Fsp3) is 0.259. The van der Waals surface area contributed by atoms with Crippen molar-refractivity contribution in [1.29, 1.82) is 0 Å². The van der Waals surface area contributed by atoms with E-state index in [1.165, 1.54) is 16.7 Å². The van der Waals surface area contributed by atoms with Gasteiger partial charge in [0, 0.05) is 31.1 Å². The molecule has 1 amide bonds. The third-order valence-electron chi connectivity index (χ3n) is 6.40. The van der Waals surface area contributed by atoms with Crippen LogP contribution in [-0.2, 0) is 11.3 Å². The quantitative estimate of drug-likeness (QED) is 0.444. The largest absolute Gasteiger partial charge is 0.323 e. The van der Waals surface area contributed by atoms with E-state index in [1.54, 1.807) is 0 Å². The minimum atomic E-state index is 0.0759. The summed E-state index contributed by atoms with van der Waals surface area (Å²) in [6, 6.07) is 23.1. The SMILES string of the molecule is Cc1cccc(N2C[C@@H](c3nc4ccccc4n3Cc3ccc(C)c(C)c3)CC2=O)c1. The van der Waals surface area contributed by atoms with Crippen LogP contribution in [0, 0.1) is 20.8 Å². The molecular weight excluding hydrogens is 382 g/mol. The smallest absolute Gasteiger partial charge is 0.227 e. The fourth-order valence-corrected chi connectivity index (χ4v) is 4.58. The summed E-state index contributed by atoms with van der Waals surface area (Å²) >= 11 is 0. The van der Waals surface area contributed by atoms with Gasteiger partial charge in [-0.2, -0.15) is 0 Å². The van der Waals surface area contributed by atoms with Gasteiger partial charge in [0.25, 0.3) is 0 Å². The predicted octanol–water partition coefficient (Wildman–Crippen LogP) is 5.53. The Bertz CT molecular complexity index is 1290. The topological polar surface area (TPSA) is 38.1 Å². The third kappa shape index (κ3) is 3.63. The van der Waals surface area contributed by atoms with E-state index < -0.39 is 0 Å². The Labute approximate surface area is 183 Å². The van der Waals surface area contributed by atoms with E-state index in [0.717, 1.165) is 34.7 Å². The van der Waals surface area contributed by atoms with Crippen molar-refractivity contribution in [2.45, 2.75) is 39.7 Å². The molecule has 31 heavy (non-hydrogen) atoms. The monoisotopic (exact) mass is 409 g/mol. The molecular formula is C27H27N3O. The first-order valence-corrected chi connectivity index (χ1v) is 10.9. The summed E-state index contributed by atoms with van der Waals surface area (Å²) < 4.78 is 2.30. The highest BCUT2D eigenvalue weighted by atomic mass is 16.2. The lowest BCUT2D eigenvalue weighted by Crippen LogP contribution is -2.24. The molecule has 3 aromatic carbocycles. The van der Waals surface area contributed by atoms with E-state index in [1.807, 2.05) is 23.1 Å². The second-order valence-electron chi connectivity index (χ2n) is 8.71. The van der Waals surface area contributed by atoms with Gasteiger partial charge >= 0.3 is 0 Å². The summed E-state index contributed by atoms with van der Waals surface area (Å²) in [5.74, 6) is 1.25. The summed E-state index contributed by atoms with van der Waals surface area (Å²) in [6.45, 7) is 7.78. The van der Waals surface area contributed by atoms with Gasteiger partial charge in [0.15, 0.2) is 0 Å². The minimum Gasteiger partial charge on any atom is -0.323 e. The Morgan fingerprint density at radius 2 is 1.77 bits per heavy atom. The van der Waals surface area contributed by atoms with Gasteiger partial charge < -0.3 is 9.47 Å². The van der Waals surface area contributed by atoms with E-state index in [-0.39, 0.29) is 11.8 Å². The molecule has 1 saturated heterocycles. The molecule has 0 aliphatic carbocycles. The van der Waals surface area contributed by atoms with Crippen LogP contribution in [0.25, 0.3) is 11.0 Å². The lowest BCUT2D eigenvalue weighted by molar-refractivity contribution is -0.117. The van der Waals surface area contributed by atoms with Crippen LogP contribution in [0.4, 0.5) is 5.69 Å². The summed E-state index contributed by atoms with van der Waals surface area (Å²) in [4.78, 5) is 19.8. The molecule has 4 nitrogen and oxygen atoms in total. The Morgan fingerprint density at radius 3 is 2.58 bits per heavy atom. The second-order valence-corrected chi connectivity index (χ2v) is 8.71.